The first-order valence-electron chi connectivity index (χ1n) is 8.65. The summed E-state index contributed by atoms with van der Waals surface area (Å²) in [6.45, 7) is 4.08. The Labute approximate surface area is 135 Å². The minimum atomic E-state index is -0.517. The zero-order chi connectivity index (χ0) is 16.4. The van der Waals surface area contributed by atoms with E-state index in [0.29, 0.717) is 0 Å². The third-order valence-corrected chi connectivity index (χ3v) is 4.29. The van der Waals surface area contributed by atoms with E-state index in [-0.39, 0.29) is 12.7 Å². The second-order valence-electron chi connectivity index (χ2n) is 6.77. The molecule has 22 heavy (non-hydrogen) atoms. The molecule has 0 amide bonds. The van der Waals surface area contributed by atoms with Gasteiger partial charge in [0.05, 0.1) is 12.7 Å². The Hall–Kier alpha value is -0.900. The van der Waals surface area contributed by atoms with Crippen LogP contribution >= 0.6 is 0 Å². The first-order valence-corrected chi connectivity index (χ1v) is 8.65. The van der Waals surface area contributed by atoms with E-state index in [1.165, 1.54) is 31.2 Å². The van der Waals surface area contributed by atoms with E-state index in [0.717, 1.165) is 31.2 Å². The summed E-state index contributed by atoms with van der Waals surface area (Å²) < 4.78 is 0. The molecule has 0 aromatic heterocycles. The molecule has 0 bridgehead atoms. The smallest absolute Gasteiger partial charge is 0.0790 e. The second-order valence-corrected chi connectivity index (χ2v) is 6.77. The first kappa shape index (κ1) is 19.1. The lowest BCUT2D eigenvalue weighted by molar-refractivity contribution is 0.163. The van der Waals surface area contributed by atoms with Crippen molar-refractivity contribution in [3.05, 3.63) is 35.4 Å². The van der Waals surface area contributed by atoms with E-state index in [1.807, 2.05) is 19.1 Å². The van der Waals surface area contributed by atoms with Gasteiger partial charge in [-0.2, -0.15) is 0 Å². The molecule has 3 heteroatoms. The lowest BCUT2D eigenvalue weighted by atomic mass is 9.94. The number of hydrogen-bond donors (Lipinski definition) is 3. The van der Waals surface area contributed by atoms with Gasteiger partial charge in [0.1, 0.15) is 0 Å². The van der Waals surface area contributed by atoms with Crippen LogP contribution in [-0.2, 0) is 6.42 Å². The Kier molecular flexibility index (Phi) is 8.69. The van der Waals surface area contributed by atoms with Crippen molar-refractivity contribution in [3.63, 3.8) is 0 Å². The van der Waals surface area contributed by atoms with Gasteiger partial charge >= 0.3 is 0 Å². The van der Waals surface area contributed by atoms with E-state index in [2.05, 4.69) is 19.1 Å². The van der Waals surface area contributed by atoms with Crippen molar-refractivity contribution in [3.8, 4) is 0 Å². The predicted molar refractivity (Wildman–Crippen MR) is 92.8 cm³/mol. The standard InChI is InChI=1S/C19H33NO2/c1-3-4-5-6-7-8-18(22)17-11-9-16(10-12-17)13-14-19(2,20)15-21/h9-12,18,21-22H,3-8,13-15,20H2,1-2H3. The predicted octanol–water partition coefficient (Wildman–Crippen LogP) is 3.72. The molecule has 126 valence electrons. The van der Waals surface area contributed by atoms with E-state index in [9.17, 15) is 5.11 Å². The summed E-state index contributed by atoms with van der Waals surface area (Å²) in [6.07, 6.45) is 8.20. The number of rotatable bonds is 11. The maximum absolute atomic E-state index is 10.2. The molecular formula is C19H33NO2. The highest BCUT2D eigenvalue weighted by atomic mass is 16.3. The third kappa shape index (κ3) is 7.39. The molecule has 0 heterocycles. The van der Waals surface area contributed by atoms with Crippen LogP contribution in [0.1, 0.15) is 76.0 Å². The zero-order valence-electron chi connectivity index (χ0n) is 14.2. The molecule has 3 nitrogen and oxygen atoms in total. The van der Waals surface area contributed by atoms with Crippen LogP contribution in [0.3, 0.4) is 0 Å². The quantitative estimate of drug-likeness (QED) is 0.546. The summed E-state index contributed by atoms with van der Waals surface area (Å²) in [5, 5.41) is 19.4. The summed E-state index contributed by atoms with van der Waals surface area (Å²) in [5.41, 5.74) is 7.62. The van der Waals surface area contributed by atoms with Crippen LogP contribution in [0.2, 0.25) is 0 Å². The van der Waals surface area contributed by atoms with Crippen LogP contribution in [-0.4, -0.2) is 22.4 Å². The largest absolute Gasteiger partial charge is 0.394 e. The van der Waals surface area contributed by atoms with Gasteiger partial charge < -0.3 is 15.9 Å². The van der Waals surface area contributed by atoms with Crippen molar-refractivity contribution in [2.75, 3.05) is 6.61 Å². The first-order chi connectivity index (χ1) is 10.5. The van der Waals surface area contributed by atoms with Crippen LogP contribution < -0.4 is 5.73 Å². The number of unbranched alkanes of at least 4 members (excludes halogenated alkanes) is 4. The summed E-state index contributed by atoms with van der Waals surface area (Å²) in [7, 11) is 0. The summed E-state index contributed by atoms with van der Waals surface area (Å²) in [5.74, 6) is 0. The summed E-state index contributed by atoms with van der Waals surface area (Å²) >= 11 is 0. The van der Waals surface area contributed by atoms with Gasteiger partial charge in [0.15, 0.2) is 0 Å². The number of benzene rings is 1. The molecule has 0 radical (unpaired) electrons. The van der Waals surface area contributed by atoms with Crippen molar-refractivity contribution in [2.24, 2.45) is 5.73 Å². The Morgan fingerprint density at radius 1 is 1.09 bits per heavy atom. The third-order valence-electron chi connectivity index (χ3n) is 4.29. The number of aliphatic hydroxyl groups excluding tert-OH is 2. The van der Waals surface area contributed by atoms with E-state index in [4.69, 9.17) is 10.8 Å². The minimum absolute atomic E-state index is 0.00181. The Balaban J connectivity index is 2.37. The lowest BCUT2D eigenvalue weighted by Gasteiger charge is -2.21. The second kappa shape index (κ2) is 9.98. The topological polar surface area (TPSA) is 66.5 Å². The maximum atomic E-state index is 10.2. The monoisotopic (exact) mass is 307 g/mol. The minimum Gasteiger partial charge on any atom is -0.394 e. The molecule has 2 atom stereocenters. The van der Waals surface area contributed by atoms with Crippen LogP contribution in [0.25, 0.3) is 0 Å². The highest BCUT2D eigenvalue weighted by Crippen LogP contribution is 2.21. The highest BCUT2D eigenvalue weighted by Gasteiger charge is 2.16. The van der Waals surface area contributed by atoms with Crippen molar-refractivity contribution >= 4 is 0 Å². The summed E-state index contributed by atoms with van der Waals surface area (Å²) in [4.78, 5) is 0. The molecule has 2 unspecified atom stereocenters. The maximum Gasteiger partial charge on any atom is 0.0790 e. The zero-order valence-corrected chi connectivity index (χ0v) is 14.2. The molecule has 1 aromatic carbocycles. The fourth-order valence-electron chi connectivity index (χ4n) is 2.52. The number of aliphatic hydroxyl groups is 2. The highest BCUT2D eigenvalue weighted by molar-refractivity contribution is 5.24. The van der Waals surface area contributed by atoms with Crippen LogP contribution in [0.4, 0.5) is 0 Å². The van der Waals surface area contributed by atoms with Crippen molar-refractivity contribution < 1.29 is 10.2 Å². The van der Waals surface area contributed by atoms with Crippen LogP contribution in [0.15, 0.2) is 24.3 Å². The van der Waals surface area contributed by atoms with Gasteiger partial charge in [0.2, 0.25) is 0 Å². The Morgan fingerprint density at radius 3 is 2.32 bits per heavy atom. The number of aryl methyl sites for hydroxylation is 1. The van der Waals surface area contributed by atoms with E-state index < -0.39 is 5.54 Å². The van der Waals surface area contributed by atoms with Gasteiger partial charge in [-0.1, -0.05) is 63.3 Å². The molecule has 0 saturated heterocycles. The molecule has 0 aliphatic heterocycles. The van der Waals surface area contributed by atoms with Crippen molar-refractivity contribution in [2.45, 2.75) is 76.9 Å². The van der Waals surface area contributed by atoms with Gasteiger partial charge in [-0.15, -0.1) is 0 Å². The SMILES string of the molecule is CCCCCCCC(O)c1ccc(CCC(C)(N)CO)cc1. The molecule has 0 spiro atoms. The fourth-order valence-corrected chi connectivity index (χ4v) is 2.52. The Morgan fingerprint density at radius 2 is 1.73 bits per heavy atom. The van der Waals surface area contributed by atoms with Crippen LogP contribution in [0, 0.1) is 0 Å². The van der Waals surface area contributed by atoms with Gasteiger partial charge in [0, 0.05) is 5.54 Å². The van der Waals surface area contributed by atoms with Crippen molar-refractivity contribution in [1.29, 1.82) is 0 Å². The van der Waals surface area contributed by atoms with Gasteiger partial charge in [0.25, 0.3) is 0 Å². The Bertz CT molecular complexity index is 400. The molecule has 1 rings (SSSR count). The molecular weight excluding hydrogens is 274 g/mol. The van der Waals surface area contributed by atoms with E-state index in [1.54, 1.807) is 0 Å². The number of hydrogen-bond acceptors (Lipinski definition) is 3. The van der Waals surface area contributed by atoms with Gasteiger partial charge in [-0.05, 0) is 37.3 Å². The molecule has 1 aromatic rings. The summed E-state index contributed by atoms with van der Waals surface area (Å²) in [6, 6.07) is 8.14. The van der Waals surface area contributed by atoms with Gasteiger partial charge in [-0.3, -0.25) is 0 Å². The lowest BCUT2D eigenvalue weighted by Crippen LogP contribution is -2.40. The molecule has 0 aliphatic rings. The normalized spacial score (nSPS) is 15.5. The molecule has 0 saturated carbocycles. The van der Waals surface area contributed by atoms with Crippen molar-refractivity contribution in [1.82, 2.24) is 0 Å². The number of nitrogens with two attached hydrogens (primary N) is 1. The average molecular weight is 307 g/mol. The molecule has 4 N–H and O–H groups in total. The molecule has 0 aliphatic carbocycles. The van der Waals surface area contributed by atoms with Gasteiger partial charge in [-0.25, -0.2) is 0 Å². The van der Waals surface area contributed by atoms with Crippen LogP contribution in [0.5, 0.6) is 0 Å². The fraction of sp³-hybridized carbons (Fsp3) is 0.684. The van der Waals surface area contributed by atoms with E-state index >= 15 is 0 Å². The average Bonchev–Trinajstić information content (AvgIpc) is 2.53. The molecule has 0 fully saturated rings.